The summed E-state index contributed by atoms with van der Waals surface area (Å²) < 4.78 is 5.86. The fourth-order valence-electron chi connectivity index (χ4n) is 2.62. The zero-order valence-corrected chi connectivity index (χ0v) is 17.0. The van der Waals surface area contributed by atoms with Crippen molar-refractivity contribution in [1.29, 1.82) is 0 Å². The molecular weight excluding hydrogens is 390 g/mol. The predicted octanol–water partition coefficient (Wildman–Crippen LogP) is 5.58. The Morgan fingerprint density at radius 1 is 0.893 bits per heavy atom. The first kappa shape index (κ1) is 20.3. The van der Waals surface area contributed by atoms with Crippen molar-refractivity contribution in [3.05, 3.63) is 101 Å². The molecule has 0 unspecified atom stereocenters. The molecule has 0 radical (unpaired) electrons. The average Bonchev–Trinajstić information content (AvgIpc) is 2.74. The number of carbonyl (C=O) groups is 1. The lowest BCUT2D eigenvalue weighted by molar-refractivity contribution is 0.0951. The van der Waals surface area contributed by atoms with Gasteiger partial charge >= 0.3 is 0 Å². The molecule has 0 bridgehead atoms. The SMILES string of the molecule is O=C(NCCSCc1ccc(Cl)cc1)c1ccccc1OCc1ccccc1. The van der Waals surface area contributed by atoms with Crippen LogP contribution in [0.5, 0.6) is 5.75 Å². The van der Waals surface area contributed by atoms with Gasteiger partial charge in [0.15, 0.2) is 0 Å². The number of halogens is 1. The zero-order chi connectivity index (χ0) is 19.6. The molecule has 3 rings (SSSR count). The van der Waals surface area contributed by atoms with E-state index in [1.165, 1.54) is 5.56 Å². The number of carbonyl (C=O) groups excluding carboxylic acids is 1. The molecule has 0 aliphatic heterocycles. The Balaban J connectivity index is 1.45. The van der Waals surface area contributed by atoms with Crippen molar-refractivity contribution in [2.45, 2.75) is 12.4 Å². The first-order valence-electron chi connectivity index (χ1n) is 9.08. The van der Waals surface area contributed by atoms with Crippen molar-refractivity contribution in [3.63, 3.8) is 0 Å². The molecule has 0 spiro atoms. The molecule has 0 fully saturated rings. The summed E-state index contributed by atoms with van der Waals surface area (Å²) in [5, 5.41) is 3.72. The van der Waals surface area contributed by atoms with Crippen LogP contribution in [0.3, 0.4) is 0 Å². The minimum absolute atomic E-state index is 0.115. The summed E-state index contributed by atoms with van der Waals surface area (Å²) in [6.07, 6.45) is 0. The minimum Gasteiger partial charge on any atom is -0.488 e. The zero-order valence-electron chi connectivity index (χ0n) is 15.4. The molecule has 3 aromatic rings. The Hall–Kier alpha value is -2.43. The number of thioether (sulfide) groups is 1. The summed E-state index contributed by atoms with van der Waals surface area (Å²) in [4.78, 5) is 12.5. The highest BCUT2D eigenvalue weighted by molar-refractivity contribution is 7.98. The largest absolute Gasteiger partial charge is 0.488 e. The van der Waals surface area contributed by atoms with Crippen molar-refractivity contribution in [2.75, 3.05) is 12.3 Å². The standard InChI is InChI=1S/C23H22ClNO2S/c24-20-12-10-19(11-13-20)17-28-15-14-25-23(26)21-8-4-5-9-22(21)27-16-18-6-2-1-3-7-18/h1-13H,14-17H2,(H,25,26). The maximum absolute atomic E-state index is 12.5. The Morgan fingerprint density at radius 3 is 2.39 bits per heavy atom. The van der Waals surface area contributed by atoms with E-state index < -0.39 is 0 Å². The summed E-state index contributed by atoms with van der Waals surface area (Å²) in [5.41, 5.74) is 2.85. The molecule has 3 aromatic carbocycles. The molecular formula is C23H22ClNO2S. The maximum atomic E-state index is 12.5. The van der Waals surface area contributed by atoms with Crippen molar-refractivity contribution >= 4 is 29.3 Å². The molecule has 144 valence electrons. The normalized spacial score (nSPS) is 10.5. The van der Waals surface area contributed by atoms with Crippen LogP contribution in [0.4, 0.5) is 0 Å². The molecule has 1 amide bonds. The molecule has 0 saturated carbocycles. The Bertz CT molecular complexity index is 885. The number of amides is 1. The summed E-state index contributed by atoms with van der Waals surface area (Å²) in [6, 6.07) is 25.1. The average molecular weight is 412 g/mol. The second kappa shape index (κ2) is 10.8. The van der Waals surface area contributed by atoms with Crippen LogP contribution in [0.2, 0.25) is 5.02 Å². The van der Waals surface area contributed by atoms with Crippen molar-refractivity contribution in [3.8, 4) is 5.75 Å². The van der Waals surface area contributed by atoms with Crippen molar-refractivity contribution in [1.82, 2.24) is 5.32 Å². The number of nitrogens with one attached hydrogen (secondary N) is 1. The van der Waals surface area contributed by atoms with E-state index in [-0.39, 0.29) is 5.91 Å². The Labute approximate surface area is 175 Å². The number of ether oxygens (including phenoxy) is 1. The lowest BCUT2D eigenvalue weighted by Crippen LogP contribution is -2.26. The summed E-state index contributed by atoms with van der Waals surface area (Å²) in [7, 11) is 0. The molecule has 3 nitrogen and oxygen atoms in total. The van der Waals surface area contributed by atoms with Gasteiger partial charge in [-0.2, -0.15) is 11.8 Å². The maximum Gasteiger partial charge on any atom is 0.255 e. The van der Waals surface area contributed by atoms with E-state index >= 15 is 0 Å². The number of hydrogen-bond donors (Lipinski definition) is 1. The van der Waals surface area contributed by atoms with Gasteiger partial charge in [0, 0.05) is 23.1 Å². The number of para-hydroxylation sites is 1. The third-order valence-electron chi connectivity index (χ3n) is 4.08. The van der Waals surface area contributed by atoms with Gasteiger partial charge in [-0.15, -0.1) is 0 Å². The van der Waals surface area contributed by atoms with Crippen LogP contribution in [0.15, 0.2) is 78.9 Å². The van der Waals surface area contributed by atoms with E-state index in [1.807, 2.05) is 72.8 Å². The van der Waals surface area contributed by atoms with Gasteiger partial charge in [-0.1, -0.05) is 66.2 Å². The van der Waals surface area contributed by atoms with Crippen LogP contribution in [-0.4, -0.2) is 18.2 Å². The quantitative estimate of drug-likeness (QED) is 0.467. The first-order chi connectivity index (χ1) is 13.7. The number of benzene rings is 3. The van der Waals surface area contributed by atoms with Gasteiger partial charge in [-0.05, 0) is 35.4 Å². The van der Waals surface area contributed by atoms with Crippen molar-refractivity contribution < 1.29 is 9.53 Å². The van der Waals surface area contributed by atoms with Crippen LogP contribution >= 0.6 is 23.4 Å². The fraction of sp³-hybridized carbons (Fsp3) is 0.174. The van der Waals surface area contributed by atoms with Gasteiger partial charge in [-0.25, -0.2) is 0 Å². The number of hydrogen-bond acceptors (Lipinski definition) is 3. The summed E-state index contributed by atoms with van der Waals surface area (Å²) in [6.45, 7) is 1.03. The van der Waals surface area contributed by atoms with E-state index in [0.29, 0.717) is 24.5 Å². The number of rotatable bonds is 9. The predicted molar refractivity (Wildman–Crippen MR) is 117 cm³/mol. The third kappa shape index (κ3) is 6.32. The van der Waals surface area contributed by atoms with Crippen molar-refractivity contribution in [2.24, 2.45) is 0 Å². The Morgan fingerprint density at radius 2 is 1.61 bits per heavy atom. The van der Waals surface area contributed by atoms with Gasteiger partial charge in [0.2, 0.25) is 0 Å². The highest BCUT2D eigenvalue weighted by Gasteiger charge is 2.11. The summed E-state index contributed by atoms with van der Waals surface area (Å²) >= 11 is 7.67. The second-order valence-electron chi connectivity index (χ2n) is 6.21. The smallest absolute Gasteiger partial charge is 0.255 e. The lowest BCUT2D eigenvalue weighted by atomic mass is 10.2. The molecule has 0 heterocycles. The fourth-order valence-corrected chi connectivity index (χ4v) is 3.56. The third-order valence-corrected chi connectivity index (χ3v) is 5.37. The molecule has 0 saturated heterocycles. The second-order valence-corrected chi connectivity index (χ2v) is 7.75. The van der Waals surface area contributed by atoms with Crippen LogP contribution < -0.4 is 10.1 Å². The van der Waals surface area contributed by atoms with E-state index in [4.69, 9.17) is 16.3 Å². The van der Waals surface area contributed by atoms with Gasteiger partial charge in [0.25, 0.3) is 5.91 Å². The van der Waals surface area contributed by atoms with Crippen LogP contribution in [0, 0.1) is 0 Å². The van der Waals surface area contributed by atoms with E-state index in [0.717, 1.165) is 22.1 Å². The van der Waals surface area contributed by atoms with Crippen LogP contribution in [-0.2, 0) is 12.4 Å². The Kier molecular flexibility index (Phi) is 7.82. The van der Waals surface area contributed by atoms with Crippen LogP contribution in [0.25, 0.3) is 0 Å². The van der Waals surface area contributed by atoms with E-state index in [1.54, 1.807) is 17.8 Å². The van der Waals surface area contributed by atoms with Gasteiger partial charge in [0.05, 0.1) is 5.56 Å². The van der Waals surface area contributed by atoms with Gasteiger partial charge in [0.1, 0.15) is 12.4 Å². The first-order valence-corrected chi connectivity index (χ1v) is 10.6. The highest BCUT2D eigenvalue weighted by atomic mass is 35.5. The minimum atomic E-state index is -0.115. The van der Waals surface area contributed by atoms with E-state index in [9.17, 15) is 4.79 Å². The molecule has 0 aliphatic rings. The highest BCUT2D eigenvalue weighted by Crippen LogP contribution is 2.20. The van der Waals surface area contributed by atoms with Crippen LogP contribution in [0.1, 0.15) is 21.5 Å². The summed E-state index contributed by atoms with van der Waals surface area (Å²) in [5.74, 6) is 2.21. The van der Waals surface area contributed by atoms with E-state index in [2.05, 4.69) is 5.32 Å². The molecule has 28 heavy (non-hydrogen) atoms. The molecule has 0 atom stereocenters. The molecule has 5 heteroatoms. The molecule has 1 N–H and O–H groups in total. The monoisotopic (exact) mass is 411 g/mol. The van der Waals surface area contributed by atoms with Gasteiger partial charge in [-0.3, -0.25) is 4.79 Å². The topological polar surface area (TPSA) is 38.3 Å². The lowest BCUT2D eigenvalue weighted by Gasteiger charge is -2.12. The molecule has 0 aromatic heterocycles. The van der Waals surface area contributed by atoms with Gasteiger partial charge < -0.3 is 10.1 Å². The molecule has 0 aliphatic carbocycles.